The Morgan fingerprint density at radius 1 is 0.905 bits per heavy atom. The molecule has 0 unspecified atom stereocenters. The first-order valence-electron chi connectivity index (χ1n) is 7.49. The molecule has 3 heteroatoms. The molecule has 0 amide bonds. The van der Waals surface area contributed by atoms with Crippen LogP contribution in [0.15, 0.2) is 53.0 Å². The molecule has 21 heavy (non-hydrogen) atoms. The molecule has 0 heterocycles. The second kappa shape index (κ2) is 8.85. The lowest BCUT2D eigenvalue weighted by Crippen LogP contribution is -2.21. The van der Waals surface area contributed by atoms with Gasteiger partial charge in [-0.15, -0.1) is 0 Å². The van der Waals surface area contributed by atoms with E-state index in [1.165, 1.54) is 24.0 Å². The van der Waals surface area contributed by atoms with Crippen molar-refractivity contribution in [1.82, 2.24) is 5.32 Å². The molecule has 0 spiro atoms. The van der Waals surface area contributed by atoms with Gasteiger partial charge in [0.1, 0.15) is 12.4 Å². The maximum Gasteiger partial charge on any atom is 0.119 e. The molecule has 2 nitrogen and oxygen atoms in total. The van der Waals surface area contributed by atoms with Gasteiger partial charge in [-0.3, -0.25) is 0 Å². The lowest BCUT2D eigenvalue weighted by molar-refractivity contribution is 0.314. The summed E-state index contributed by atoms with van der Waals surface area (Å²) in [5.41, 5.74) is 2.42. The van der Waals surface area contributed by atoms with E-state index in [0.29, 0.717) is 6.61 Å². The van der Waals surface area contributed by atoms with Crippen LogP contribution in [-0.2, 0) is 0 Å². The zero-order valence-electron chi connectivity index (χ0n) is 12.4. The van der Waals surface area contributed by atoms with Crippen molar-refractivity contribution in [2.24, 2.45) is 0 Å². The molecule has 0 radical (unpaired) electrons. The molecule has 2 aromatic carbocycles. The monoisotopic (exact) mass is 347 g/mol. The van der Waals surface area contributed by atoms with E-state index in [1.807, 2.05) is 12.1 Å². The van der Waals surface area contributed by atoms with Crippen LogP contribution in [0.3, 0.4) is 0 Å². The molecule has 0 saturated carbocycles. The first kappa shape index (κ1) is 16.1. The van der Waals surface area contributed by atoms with Gasteiger partial charge in [0.15, 0.2) is 0 Å². The molecule has 0 bridgehead atoms. The summed E-state index contributed by atoms with van der Waals surface area (Å²) in [6, 6.07) is 16.6. The minimum absolute atomic E-state index is 0.710. The van der Waals surface area contributed by atoms with Crippen molar-refractivity contribution in [3.63, 3.8) is 0 Å². The van der Waals surface area contributed by atoms with Crippen LogP contribution >= 0.6 is 15.9 Å². The van der Waals surface area contributed by atoms with Crippen LogP contribution < -0.4 is 10.1 Å². The lowest BCUT2D eigenvalue weighted by atomic mass is 10.1. The third-order valence-electron chi connectivity index (χ3n) is 3.29. The molecule has 0 saturated heterocycles. The molecule has 0 aliphatic rings. The first-order valence-corrected chi connectivity index (χ1v) is 8.28. The Hall–Kier alpha value is -1.32. The van der Waals surface area contributed by atoms with E-state index in [-0.39, 0.29) is 0 Å². The molecule has 0 aromatic heterocycles. The van der Waals surface area contributed by atoms with Crippen LogP contribution in [0.4, 0.5) is 0 Å². The van der Waals surface area contributed by atoms with Gasteiger partial charge in [-0.05, 0) is 48.4 Å². The summed E-state index contributed by atoms with van der Waals surface area (Å²) >= 11 is 3.45. The Morgan fingerprint density at radius 2 is 1.52 bits per heavy atom. The van der Waals surface area contributed by atoms with Crippen molar-refractivity contribution >= 4 is 15.9 Å². The zero-order chi connectivity index (χ0) is 14.9. The van der Waals surface area contributed by atoms with Crippen LogP contribution in [0.2, 0.25) is 0 Å². The third-order valence-corrected chi connectivity index (χ3v) is 3.82. The number of ether oxygens (including phenoxy) is 1. The number of nitrogens with one attached hydrogen (secondary N) is 1. The van der Waals surface area contributed by atoms with Crippen LogP contribution in [0.5, 0.6) is 5.75 Å². The summed E-state index contributed by atoms with van der Waals surface area (Å²) < 4.78 is 6.83. The molecule has 0 aliphatic carbocycles. The predicted octanol–water partition coefficient (Wildman–Crippen LogP) is 4.88. The van der Waals surface area contributed by atoms with Gasteiger partial charge < -0.3 is 10.1 Å². The molecule has 112 valence electrons. The van der Waals surface area contributed by atoms with Crippen LogP contribution in [0, 0.1) is 0 Å². The molecule has 0 atom stereocenters. The number of hydrogen-bond acceptors (Lipinski definition) is 2. The highest BCUT2D eigenvalue weighted by Crippen LogP contribution is 2.23. The van der Waals surface area contributed by atoms with E-state index in [9.17, 15) is 0 Å². The van der Waals surface area contributed by atoms with Crippen LogP contribution in [0.1, 0.15) is 19.8 Å². The molecule has 1 N–H and O–H groups in total. The maximum absolute atomic E-state index is 5.73. The minimum Gasteiger partial charge on any atom is -0.492 e. The van der Waals surface area contributed by atoms with Gasteiger partial charge in [0.25, 0.3) is 0 Å². The van der Waals surface area contributed by atoms with Gasteiger partial charge in [0.05, 0.1) is 0 Å². The Balaban J connectivity index is 1.80. The third kappa shape index (κ3) is 5.52. The van der Waals surface area contributed by atoms with Gasteiger partial charge in [-0.2, -0.15) is 0 Å². The Labute approximate surface area is 135 Å². The van der Waals surface area contributed by atoms with Gasteiger partial charge in [-0.25, -0.2) is 0 Å². The van der Waals surface area contributed by atoms with E-state index in [4.69, 9.17) is 4.74 Å². The highest BCUT2D eigenvalue weighted by atomic mass is 79.9. The smallest absolute Gasteiger partial charge is 0.119 e. The second-order valence-corrected chi connectivity index (χ2v) is 5.90. The summed E-state index contributed by atoms with van der Waals surface area (Å²) in [5.74, 6) is 0.924. The number of unbranched alkanes of at least 4 members (excludes halogenated alkanes) is 1. The van der Waals surface area contributed by atoms with Crippen LogP contribution in [0.25, 0.3) is 11.1 Å². The zero-order valence-corrected chi connectivity index (χ0v) is 14.0. The average molecular weight is 348 g/mol. The summed E-state index contributed by atoms with van der Waals surface area (Å²) in [6.45, 7) is 4.88. The fourth-order valence-corrected chi connectivity index (χ4v) is 2.32. The summed E-state index contributed by atoms with van der Waals surface area (Å²) in [6.07, 6.45) is 2.45. The first-order chi connectivity index (χ1) is 10.3. The minimum atomic E-state index is 0.710. The largest absolute Gasteiger partial charge is 0.492 e. The summed E-state index contributed by atoms with van der Waals surface area (Å²) in [7, 11) is 0. The Kier molecular flexibility index (Phi) is 6.77. The van der Waals surface area contributed by atoms with Crippen molar-refractivity contribution in [2.45, 2.75) is 19.8 Å². The van der Waals surface area contributed by atoms with Gasteiger partial charge in [-0.1, -0.05) is 53.5 Å². The Morgan fingerprint density at radius 3 is 2.14 bits per heavy atom. The summed E-state index contributed by atoms with van der Waals surface area (Å²) in [5, 5.41) is 3.37. The highest BCUT2D eigenvalue weighted by Gasteiger charge is 1.99. The van der Waals surface area contributed by atoms with Crippen molar-refractivity contribution in [3.05, 3.63) is 53.0 Å². The topological polar surface area (TPSA) is 21.3 Å². The molecule has 0 aliphatic heterocycles. The predicted molar refractivity (Wildman–Crippen MR) is 92.9 cm³/mol. The van der Waals surface area contributed by atoms with Crippen molar-refractivity contribution in [1.29, 1.82) is 0 Å². The summed E-state index contributed by atoms with van der Waals surface area (Å²) in [4.78, 5) is 0. The lowest BCUT2D eigenvalue weighted by Gasteiger charge is -2.08. The molecule has 2 rings (SSSR count). The van der Waals surface area contributed by atoms with Gasteiger partial charge in [0.2, 0.25) is 0 Å². The number of halogens is 1. The standard InChI is InChI=1S/C18H22BrNO/c1-2-3-12-20-13-14-21-18-10-6-16(7-11-18)15-4-8-17(19)9-5-15/h4-11,20H,2-3,12-14H2,1H3. The highest BCUT2D eigenvalue weighted by molar-refractivity contribution is 9.10. The van der Waals surface area contributed by atoms with Gasteiger partial charge in [0, 0.05) is 11.0 Å². The number of benzene rings is 2. The van der Waals surface area contributed by atoms with Crippen molar-refractivity contribution < 1.29 is 4.74 Å². The second-order valence-electron chi connectivity index (χ2n) is 4.98. The van der Waals surface area contributed by atoms with Crippen molar-refractivity contribution in [3.8, 4) is 16.9 Å². The van der Waals surface area contributed by atoms with E-state index < -0.39 is 0 Å². The fraction of sp³-hybridized carbons (Fsp3) is 0.333. The fourth-order valence-electron chi connectivity index (χ4n) is 2.05. The number of hydrogen-bond donors (Lipinski definition) is 1. The van der Waals surface area contributed by atoms with E-state index in [2.05, 4.69) is 64.6 Å². The normalized spacial score (nSPS) is 10.6. The molecule has 0 fully saturated rings. The van der Waals surface area contributed by atoms with E-state index in [1.54, 1.807) is 0 Å². The Bertz CT molecular complexity index is 522. The molecule has 2 aromatic rings. The van der Waals surface area contributed by atoms with Gasteiger partial charge >= 0.3 is 0 Å². The number of rotatable bonds is 8. The maximum atomic E-state index is 5.73. The molecular formula is C18H22BrNO. The average Bonchev–Trinajstić information content (AvgIpc) is 2.52. The molecular weight excluding hydrogens is 326 g/mol. The van der Waals surface area contributed by atoms with E-state index >= 15 is 0 Å². The van der Waals surface area contributed by atoms with E-state index in [0.717, 1.165) is 23.3 Å². The SMILES string of the molecule is CCCCNCCOc1ccc(-c2ccc(Br)cc2)cc1. The quantitative estimate of drug-likeness (QED) is 0.686. The van der Waals surface area contributed by atoms with Crippen molar-refractivity contribution in [2.75, 3.05) is 19.7 Å². The van der Waals surface area contributed by atoms with Crippen LogP contribution in [-0.4, -0.2) is 19.7 Å².